The molecule has 0 radical (unpaired) electrons. The number of nitrogens with zero attached hydrogens (tertiary/aromatic N) is 1. The molecule has 1 N–H and O–H groups in total. The number of carbonyl (C=O) groups excluding carboxylic acids is 2. The lowest BCUT2D eigenvalue weighted by Crippen LogP contribution is -2.49. The average molecular weight is 385 g/mol. The predicted molar refractivity (Wildman–Crippen MR) is 95.1 cm³/mol. The zero-order valence-electron chi connectivity index (χ0n) is 15.1. The SMILES string of the molecule is O=C(O)c1coc2c1C(=O)COC21CCN(C(=O)OCc2ccccc2)CC1. The van der Waals surface area contributed by atoms with Gasteiger partial charge in [-0.3, -0.25) is 4.79 Å². The van der Waals surface area contributed by atoms with Crippen LogP contribution in [0.1, 0.15) is 44.9 Å². The number of Topliss-reactive ketones (excluding diaryl/α,β-unsaturated/α-hetero) is 1. The van der Waals surface area contributed by atoms with E-state index >= 15 is 0 Å². The van der Waals surface area contributed by atoms with Crippen LogP contribution < -0.4 is 0 Å². The number of hydrogen-bond donors (Lipinski definition) is 1. The van der Waals surface area contributed by atoms with Crippen LogP contribution in [0.25, 0.3) is 0 Å². The monoisotopic (exact) mass is 385 g/mol. The lowest BCUT2D eigenvalue weighted by molar-refractivity contribution is -0.0973. The first-order valence-corrected chi connectivity index (χ1v) is 8.98. The normalized spacial score (nSPS) is 18.0. The van der Waals surface area contributed by atoms with E-state index in [1.807, 2.05) is 30.3 Å². The first-order chi connectivity index (χ1) is 13.5. The molecule has 146 valence electrons. The summed E-state index contributed by atoms with van der Waals surface area (Å²) < 4.78 is 16.6. The number of likely N-dealkylation sites (tertiary alicyclic amines) is 1. The van der Waals surface area contributed by atoms with Crippen molar-refractivity contribution < 1.29 is 33.4 Å². The number of fused-ring (bicyclic) bond motifs is 2. The van der Waals surface area contributed by atoms with Crippen LogP contribution in [0, 0.1) is 0 Å². The third-order valence-electron chi connectivity index (χ3n) is 5.23. The Hall–Kier alpha value is -3.13. The number of ether oxygens (including phenoxy) is 2. The van der Waals surface area contributed by atoms with Crippen molar-refractivity contribution >= 4 is 17.8 Å². The quantitative estimate of drug-likeness (QED) is 0.866. The molecule has 2 aliphatic rings. The number of aromatic carboxylic acids is 1. The number of furan rings is 1. The summed E-state index contributed by atoms with van der Waals surface area (Å²) in [6.07, 6.45) is 1.44. The number of carbonyl (C=O) groups is 3. The van der Waals surface area contributed by atoms with E-state index < -0.39 is 23.4 Å². The molecule has 0 bridgehead atoms. The Morgan fingerprint density at radius 2 is 1.89 bits per heavy atom. The largest absolute Gasteiger partial charge is 0.478 e. The van der Waals surface area contributed by atoms with Crippen LogP contribution in [-0.2, 0) is 21.7 Å². The van der Waals surface area contributed by atoms with Crippen molar-refractivity contribution in [1.29, 1.82) is 0 Å². The molecule has 0 unspecified atom stereocenters. The summed E-state index contributed by atoms with van der Waals surface area (Å²) in [7, 11) is 0. The molecule has 0 saturated carbocycles. The Morgan fingerprint density at radius 1 is 1.18 bits per heavy atom. The first kappa shape index (κ1) is 18.2. The molecule has 1 spiro atoms. The number of carboxylic acids is 1. The molecule has 1 amide bonds. The molecule has 3 heterocycles. The maximum atomic E-state index is 12.3. The number of carboxylic acid groups (broad SMARTS) is 1. The standard InChI is InChI=1S/C20H19NO7/c22-15-12-28-20(17-16(15)14(11-26-17)18(23)24)6-8-21(9-7-20)19(25)27-10-13-4-2-1-3-5-13/h1-5,11H,6-10,12H2,(H,23,24). The Morgan fingerprint density at radius 3 is 2.57 bits per heavy atom. The lowest BCUT2D eigenvalue weighted by atomic mass is 9.83. The second kappa shape index (κ2) is 7.12. The minimum absolute atomic E-state index is 0.0823. The minimum atomic E-state index is -1.21. The maximum absolute atomic E-state index is 12.3. The van der Waals surface area contributed by atoms with Gasteiger partial charge in [-0.25, -0.2) is 9.59 Å². The minimum Gasteiger partial charge on any atom is -0.478 e. The Balaban J connectivity index is 1.44. The van der Waals surface area contributed by atoms with E-state index in [0.717, 1.165) is 11.8 Å². The van der Waals surface area contributed by atoms with Crippen molar-refractivity contribution in [2.24, 2.45) is 0 Å². The van der Waals surface area contributed by atoms with Gasteiger partial charge >= 0.3 is 12.1 Å². The van der Waals surface area contributed by atoms with Gasteiger partial charge in [0.1, 0.15) is 36.4 Å². The molecule has 4 rings (SSSR count). The molecule has 2 aromatic rings. The highest BCUT2D eigenvalue weighted by atomic mass is 16.6. The van der Waals surface area contributed by atoms with E-state index in [0.29, 0.717) is 25.9 Å². The number of piperidine rings is 1. The van der Waals surface area contributed by atoms with Crippen molar-refractivity contribution in [2.75, 3.05) is 19.7 Å². The van der Waals surface area contributed by atoms with E-state index in [2.05, 4.69) is 0 Å². The fourth-order valence-electron chi connectivity index (χ4n) is 3.70. The number of hydrogen-bond acceptors (Lipinski definition) is 6. The molecule has 8 heteroatoms. The van der Waals surface area contributed by atoms with Gasteiger partial charge in [-0.15, -0.1) is 0 Å². The number of amides is 1. The van der Waals surface area contributed by atoms with E-state index in [-0.39, 0.29) is 30.1 Å². The van der Waals surface area contributed by atoms with E-state index in [1.165, 1.54) is 0 Å². The van der Waals surface area contributed by atoms with Gasteiger partial charge in [-0.1, -0.05) is 30.3 Å². The van der Waals surface area contributed by atoms with Crippen molar-refractivity contribution in [3.8, 4) is 0 Å². The smallest absolute Gasteiger partial charge is 0.410 e. The highest BCUT2D eigenvalue weighted by molar-refractivity contribution is 6.07. The summed E-state index contributed by atoms with van der Waals surface area (Å²) in [5, 5.41) is 9.28. The molecule has 1 saturated heterocycles. The summed E-state index contributed by atoms with van der Waals surface area (Å²) >= 11 is 0. The fourth-order valence-corrected chi connectivity index (χ4v) is 3.70. The van der Waals surface area contributed by atoms with Crippen LogP contribution in [0.5, 0.6) is 0 Å². The van der Waals surface area contributed by atoms with Gasteiger partial charge < -0.3 is 23.9 Å². The third-order valence-corrected chi connectivity index (χ3v) is 5.23. The predicted octanol–water partition coefficient (Wildman–Crippen LogP) is 2.82. The lowest BCUT2D eigenvalue weighted by Gasteiger charge is -2.41. The molecule has 1 aromatic heterocycles. The molecule has 8 nitrogen and oxygen atoms in total. The molecule has 2 aliphatic heterocycles. The molecule has 1 aromatic carbocycles. The van der Waals surface area contributed by atoms with E-state index in [1.54, 1.807) is 4.90 Å². The number of benzene rings is 1. The van der Waals surface area contributed by atoms with Crippen LogP contribution in [-0.4, -0.2) is 47.5 Å². The van der Waals surface area contributed by atoms with Gasteiger partial charge in [0, 0.05) is 25.9 Å². The second-order valence-corrected chi connectivity index (χ2v) is 6.89. The van der Waals surface area contributed by atoms with Gasteiger partial charge in [-0.05, 0) is 5.56 Å². The highest BCUT2D eigenvalue weighted by Crippen LogP contribution is 2.43. The molecule has 0 aliphatic carbocycles. The van der Waals surface area contributed by atoms with Crippen molar-refractivity contribution in [3.05, 3.63) is 59.0 Å². The maximum Gasteiger partial charge on any atom is 0.410 e. The molecule has 1 fully saturated rings. The first-order valence-electron chi connectivity index (χ1n) is 8.98. The summed E-state index contributed by atoms with van der Waals surface area (Å²) in [5.41, 5.74) is -0.0567. The zero-order valence-corrected chi connectivity index (χ0v) is 15.1. The van der Waals surface area contributed by atoms with Crippen LogP contribution in [0.3, 0.4) is 0 Å². The fraction of sp³-hybridized carbons (Fsp3) is 0.350. The average Bonchev–Trinajstić information content (AvgIpc) is 3.18. The van der Waals surface area contributed by atoms with Crippen LogP contribution >= 0.6 is 0 Å². The van der Waals surface area contributed by atoms with Gasteiger partial charge in [0.25, 0.3) is 0 Å². The summed E-state index contributed by atoms with van der Waals surface area (Å²) in [4.78, 5) is 37.4. The Bertz CT molecular complexity index is 910. The number of ketones is 1. The summed E-state index contributed by atoms with van der Waals surface area (Å²) in [5.74, 6) is -1.37. The second-order valence-electron chi connectivity index (χ2n) is 6.89. The summed E-state index contributed by atoms with van der Waals surface area (Å²) in [6, 6.07) is 9.40. The topological polar surface area (TPSA) is 106 Å². The zero-order chi connectivity index (χ0) is 19.7. The molecular weight excluding hydrogens is 366 g/mol. The van der Waals surface area contributed by atoms with Crippen molar-refractivity contribution in [3.63, 3.8) is 0 Å². The number of rotatable bonds is 3. The van der Waals surface area contributed by atoms with Crippen molar-refractivity contribution in [2.45, 2.75) is 25.0 Å². The van der Waals surface area contributed by atoms with Crippen LogP contribution in [0.2, 0.25) is 0 Å². The molecule has 0 atom stereocenters. The highest BCUT2D eigenvalue weighted by Gasteiger charge is 2.48. The molecule has 28 heavy (non-hydrogen) atoms. The van der Waals surface area contributed by atoms with Gasteiger partial charge in [0.2, 0.25) is 0 Å². The van der Waals surface area contributed by atoms with Gasteiger partial charge in [0.05, 0.1) is 5.56 Å². The Kier molecular flexibility index (Phi) is 4.64. The van der Waals surface area contributed by atoms with Gasteiger partial charge in [-0.2, -0.15) is 0 Å². The van der Waals surface area contributed by atoms with E-state index in [9.17, 15) is 19.5 Å². The van der Waals surface area contributed by atoms with Crippen LogP contribution in [0.15, 0.2) is 41.0 Å². The van der Waals surface area contributed by atoms with Gasteiger partial charge in [0.15, 0.2) is 5.78 Å². The third kappa shape index (κ3) is 3.16. The van der Waals surface area contributed by atoms with E-state index in [4.69, 9.17) is 13.9 Å². The molecular formula is C20H19NO7. The van der Waals surface area contributed by atoms with Crippen molar-refractivity contribution in [1.82, 2.24) is 4.90 Å². The van der Waals surface area contributed by atoms with Crippen LogP contribution in [0.4, 0.5) is 4.79 Å². The summed E-state index contributed by atoms with van der Waals surface area (Å²) in [6.45, 7) is 0.691. The Labute approximate surface area is 160 Å².